The van der Waals surface area contributed by atoms with Gasteiger partial charge in [0.1, 0.15) is 18.1 Å². The summed E-state index contributed by atoms with van der Waals surface area (Å²) in [6.45, 7) is 4.20. The number of aromatic nitrogens is 1. The fourth-order valence-electron chi connectivity index (χ4n) is 3.02. The normalized spacial score (nSPS) is 22.7. The van der Waals surface area contributed by atoms with E-state index in [2.05, 4.69) is 22.4 Å². The number of benzene rings is 1. The van der Waals surface area contributed by atoms with E-state index in [1.54, 1.807) is 6.26 Å². The van der Waals surface area contributed by atoms with Crippen LogP contribution in [0.15, 0.2) is 34.9 Å². The number of para-hydroxylation sites is 1. The minimum Gasteiger partial charge on any atom is -0.478 e. The maximum atomic E-state index is 6.36. The number of morpholine rings is 1. The summed E-state index contributed by atoms with van der Waals surface area (Å²) in [5.74, 6) is 2.13. The molecule has 2 heterocycles. The first-order valence-corrected chi connectivity index (χ1v) is 8.31. The van der Waals surface area contributed by atoms with Crippen molar-refractivity contribution in [2.24, 2.45) is 0 Å². The zero-order valence-corrected chi connectivity index (χ0v) is 13.3. The molecule has 4 rings (SSSR count). The lowest BCUT2D eigenvalue weighted by molar-refractivity contribution is -0.0523. The second-order valence-corrected chi connectivity index (χ2v) is 6.29. The number of hydrogen-bond donors (Lipinski definition) is 1. The van der Waals surface area contributed by atoms with Crippen molar-refractivity contribution in [2.45, 2.75) is 37.9 Å². The van der Waals surface area contributed by atoms with Gasteiger partial charge < -0.3 is 19.2 Å². The fraction of sp³-hybridized carbons (Fsp3) is 0.500. The SMILES string of the molecule is Cc1coc(C(Oc2ccccc2C2CC2)[C@@H]2CNCCO2)n1. The molecule has 0 radical (unpaired) electrons. The van der Waals surface area contributed by atoms with Crippen LogP contribution in [0.5, 0.6) is 5.75 Å². The van der Waals surface area contributed by atoms with Crippen molar-refractivity contribution in [3.8, 4) is 5.75 Å². The van der Waals surface area contributed by atoms with Gasteiger partial charge in [0, 0.05) is 13.1 Å². The number of ether oxygens (including phenoxy) is 2. The molecule has 1 aliphatic carbocycles. The van der Waals surface area contributed by atoms with Crippen molar-refractivity contribution < 1.29 is 13.9 Å². The molecule has 1 aromatic heterocycles. The smallest absolute Gasteiger partial charge is 0.238 e. The Hall–Kier alpha value is -1.85. The highest BCUT2D eigenvalue weighted by Gasteiger charge is 2.34. The van der Waals surface area contributed by atoms with Gasteiger partial charge in [-0.15, -0.1) is 0 Å². The molecule has 2 aromatic rings. The summed E-state index contributed by atoms with van der Waals surface area (Å²) in [6.07, 6.45) is 3.70. The van der Waals surface area contributed by atoms with Crippen molar-refractivity contribution >= 4 is 0 Å². The quantitative estimate of drug-likeness (QED) is 0.919. The standard InChI is InChI=1S/C18H22N2O3/c1-12-11-22-18(20-12)17(16-10-19-8-9-21-16)23-15-5-3-2-4-14(15)13-6-7-13/h2-5,11,13,16-17,19H,6-10H2,1H3/t16-,17?/m0/s1. The third kappa shape index (κ3) is 3.26. The zero-order valence-electron chi connectivity index (χ0n) is 13.3. The first kappa shape index (κ1) is 14.7. The maximum Gasteiger partial charge on any atom is 0.238 e. The van der Waals surface area contributed by atoms with Crippen LogP contribution in [0.25, 0.3) is 0 Å². The van der Waals surface area contributed by atoms with Gasteiger partial charge in [-0.05, 0) is 37.3 Å². The first-order chi connectivity index (χ1) is 11.3. The van der Waals surface area contributed by atoms with Crippen LogP contribution in [0, 0.1) is 6.92 Å². The highest BCUT2D eigenvalue weighted by Crippen LogP contribution is 2.45. The van der Waals surface area contributed by atoms with E-state index >= 15 is 0 Å². The highest BCUT2D eigenvalue weighted by molar-refractivity contribution is 5.39. The summed E-state index contributed by atoms with van der Waals surface area (Å²) in [5.41, 5.74) is 2.14. The lowest BCUT2D eigenvalue weighted by atomic mass is 10.1. The highest BCUT2D eigenvalue weighted by atomic mass is 16.6. The van der Waals surface area contributed by atoms with E-state index in [1.807, 2.05) is 19.1 Å². The topological polar surface area (TPSA) is 56.5 Å². The monoisotopic (exact) mass is 314 g/mol. The van der Waals surface area contributed by atoms with E-state index in [1.165, 1.54) is 18.4 Å². The van der Waals surface area contributed by atoms with Crippen LogP contribution in [0.3, 0.4) is 0 Å². The molecule has 5 heteroatoms. The molecule has 2 fully saturated rings. The Morgan fingerprint density at radius 2 is 2.17 bits per heavy atom. The Labute approximate surface area is 136 Å². The Balaban J connectivity index is 1.62. The average molecular weight is 314 g/mol. The number of nitrogens with one attached hydrogen (secondary N) is 1. The van der Waals surface area contributed by atoms with Gasteiger partial charge in [0.15, 0.2) is 0 Å². The molecule has 0 amide bonds. The number of hydrogen-bond acceptors (Lipinski definition) is 5. The lowest BCUT2D eigenvalue weighted by Crippen LogP contribution is -2.43. The molecule has 1 aromatic carbocycles. The van der Waals surface area contributed by atoms with E-state index in [9.17, 15) is 0 Å². The fourth-order valence-corrected chi connectivity index (χ4v) is 3.02. The summed E-state index contributed by atoms with van der Waals surface area (Å²) in [7, 11) is 0. The minimum absolute atomic E-state index is 0.103. The molecule has 1 saturated carbocycles. The van der Waals surface area contributed by atoms with Crippen molar-refractivity contribution in [3.63, 3.8) is 0 Å². The van der Waals surface area contributed by atoms with Gasteiger partial charge in [0.05, 0.1) is 12.3 Å². The molecule has 0 spiro atoms. The van der Waals surface area contributed by atoms with Gasteiger partial charge in [-0.1, -0.05) is 18.2 Å². The van der Waals surface area contributed by atoms with Crippen LogP contribution in [-0.4, -0.2) is 30.8 Å². The van der Waals surface area contributed by atoms with E-state index in [4.69, 9.17) is 13.9 Å². The average Bonchev–Trinajstić information content (AvgIpc) is 3.35. The van der Waals surface area contributed by atoms with E-state index < -0.39 is 0 Å². The molecule has 2 atom stereocenters. The van der Waals surface area contributed by atoms with Gasteiger partial charge in [0.25, 0.3) is 0 Å². The van der Waals surface area contributed by atoms with Crippen LogP contribution in [0.4, 0.5) is 0 Å². The summed E-state index contributed by atoms with van der Waals surface area (Å²) >= 11 is 0. The summed E-state index contributed by atoms with van der Waals surface area (Å²) in [6, 6.07) is 8.28. The van der Waals surface area contributed by atoms with E-state index in [0.717, 1.165) is 24.5 Å². The van der Waals surface area contributed by atoms with Crippen molar-refractivity contribution in [1.29, 1.82) is 0 Å². The molecule has 0 bridgehead atoms. The van der Waals surface area contributed by atoms with E-state index in [0.29, 0.717) is 18.4 Å². The minimum atomic E-state index is -0.337. The summed E-state index contributed by atoms with van der Waals surface area (Å²) in [5, 5.41) is 3.35. The number of oxazole rings is 1. The van der Waals surface area contributed by atoms with Crippen molar-refractivity contribution in [2.75, 3.05) is 19.7 Å². The number of aryl methyl sites for hydroxylation is 1. The van der Waals surface area contributed by atoms with E-state index in [-0.39, 0.29) is 12.2 Å². The zero-order chi connectivity index (χ0) is 15.6. The maximum absolute atomic E-state index is 6.36. The molecular formula is C18H22N2O3. The van der Waals surface area contributed by atoms with Crippen molar-refractivity contribution in [3.05, 3.63) is 47.7 Å². The summed E-state index contributed by atoms with van der Waals surface area (Å²) < 4.78 is 17.9. The Morgan fingerprint density at radius 1 is 1.30 bits per heavy atom. The third-order valence-electron chi connectivity index (χ3n) is 4.36. The largest absolute Gasteiger partial charge is 0.478 e. The lowest BCUT2D eigenvalue weighted by Gasteiger charge is -2.30. The van der Waals surface area contributed by atoms with Crippen LogP contribution in [0.2, 0.25) is 0 Å². The Kier molecular flexibility index (Phi) is 4.06. The van der Waals surface area contributed by atoms with Gasteiger partial charge in [-0.25, -0.2) is 4.98 Å². The molecule has 1 unspecified atom stereocenters. The first-order valence-electron chi connectivity index (χ1n) is 8.31. The van der Waals surface area contributed by atoms with Gasteiger partial charge in [-0.2, -0.15) is 0 Å². The summed E-state index contributed by atoms with van der Waals surface area (Å²) in [4.78, 5) is 4.47. The molecular weight excluding hydrogens is 292 g/mol. The molecule has 122 valence electrons. The predicted molar refractivity (Wildman–Crippen MR) is 85.6 cm³/mol. The van der Waals surface area contributed by atoms with Crippen molar-refractivity contribution in [1.82, 2.24) is 10.3 Å². The van der Waals surface area contributed by atoms with Gasteiger partial charge in [0.2, 0.25) is 12.0 Å². The van der Waals surface area contributed by atoms with Crippen LogP contribution in [-0.2, 0) is 4.74 Å². The second kappa shape index (κ2) is 6.34. The van der Waals surface area contributed by atoms with Gasteiger partial charge >= 0.3 is 0 Å². The Bertz CT molecular complexity index is 660. The molecule has 5 nitrogen and oxygen atoms in total. The molecule has 2 aliphatic rings. The second-order valence-electron chi connectivity index (χ2n) is 6.29. The third-order valence-corrected chi connectivity index (χ3v) is 4.36. The Morgan fingerprint density at radius 3 is 2.87 bits per heavy atom. The van der Waals surface area contributed by atoms with Crippen LogP contribution < -0.4 is 10.1 Å². The molecule has 23 heavy (non-hydrogen) atoms. The number of rotatable bonds is 5. The molecule has 1 saturated heterocycles. The molecule has 1 aliphatic heterocycles. The van der Waals surface area contributed by atoms with Crippen LogP contribution in [0.1, 0.15) is 42.0 Å². The van der Waals surface area contributed by atoms with Gasteiger partial charge in [-0.3, -0.25) is 0 Å². The predicted octanol–water partition coefficient (Wildman–Crippen LogP) is 2.97. The molecule has 1 N–H and O–H groups in total. The number of nitrogens with zero attached hydrogens (tertiary/aromatic N) is 1. The van der Waals surface area contributed by atoms with Crippen LogP contribution >= 0.6 is 0 Å².